The van der Waals surface area contributed by atoms with Gasteiger partial charge >= 0.3 is 5.97 Å². The Bertz CT molecular complexity index is 200. The van der Waals surface area contributed by atoms with Crippen molar-refractivity contribution in [2.24, 2.45) is 5.92 Å². The number of hydrogen-bond acceptors (Lipinski definition) is 3. The summed E-state index contributed by atoms with van der Waals surface area (Å²) < 4.78 is 5.53. The minimum atomic E-state index is -0.777. The van der Waals surface area contributed by atoms with E-state index in [0.29, 0.717) is 6.54 Å². The zero-order chi connectivity index (χ0) is 11.3. The topological polar surface area (TPSA) is 58.6 Å². The van der Waals surface area contributed by atoms with Crippen LogP contribution in [0.2, 0.25) is 0 Å². The third-order valence-corrected chi connectivity index (χ3v) is 2.77. The summed E-state index contributed by atoms with van der Waals surface area (Å²) in [5.41, 5.74) is 0. The van der Waals surface area contributed by atoms with E-state index in [1.807, 2.05) is 13.8 Å². The Kier molecular flexibility index (Phi) is 5.05. The molecule has 4 heteroatoms. The molecule has 0 aromatic rings. The summed E-state index contributed by atoms with van der Waals surface area (Å²) in [5, 5.41) is 12.0. The molecule has 0 aromatic carbocycles. The Morgan fingerprint density at radius 1 is 1.53 bits per heavy atom. The first-order chi connectivity index (χ1) is 7.11. The molecule has 1 heterocycles. The van der Waals surface area contributed by atoms with Crippen LogP contribution < -0.4 is 5.32 Å². The molecule has 1 aliphatic heterocycles. The van der Waals surface area contributed by atoms with Gasteiger partial charge in [-0.05, 0) is 25.2 Å². The summed E-state index contributed by atoms with van der Waals surface area (Å²) in [6.07, 6.45) is 3.55. The highest BCUT2D eigenvalue weighted by Crippen LogP contribution is 2.12. The van der Waals surface area contributed by atoms with Crippen molar-refractivity contribution in [2.45, 2.75) is 45.3 Å². The van der Waals surface area contributed by atoms with Crippen LogP contribution in [0.5, 0.6) is 0 Å². The SMILES string of the molecule is CC(C)C(NCC1CCCCO1)C(=O)O. The molecule has 0 saturated carbocycles. The molecule has 15 heavy (non-hydrogen) atoms. The van der Waals surface area contributed by atoms with Gasteiger partial charge in [0.15, 0.2) is 0 Å². The molecule has 0 aliphatic carbocycles. The van der Waals surface area contributed by atoms with Crippen LogP contribution in [-0.4, -0.2) is 36.4 Å². The molecule has 1 aliphatic rings. The minimum Gasteiger partial charge on any atom is -0.480 e. The second-order valence-corrected chi connectivity index (χ2v) is 4.46. The van der Waals surface area contributed by atoms with E-state index in [4.69, 9.17) is 9.84 Å². The molecule has 2 atom stereocenters. The molecule has 1 fully saturated rings. The maximum atomic E-state index is 10.9. The Morgan fingerprint density at radius 2 is 2.27 bits per heavy atom. The fourth-order valence-corrected chi connectivity index (χ4v) is 1.83. The van der Waals surface area contributed by atoms with E-state index in [1.54, 1.807) is 0 Å². The molecule has 1 saturated heterocycles. The van der Waals surface area contributed by atoms with Gasteiger partial charge in [-0.1, -0.05) is 13.8 Å². The summed E-state index contributed by atoms with van der Waals surface area (Å²) in [6, 6.07) is -0.462. The van der Waals surface area contributed by atoms with E-state index in [0.717, 1.165) is 19.4 Å². The van der Waals surface area contributed by atoms with Gasteiger partial charge in [-0.15, -0.1) is 0 Å². The van der Waals surface area contributed by atoms with Crippen LogP contribution in [0.1, 0.15) is 33.1 Å². The molecule has 1 rings (SSSR count). The summed E-state index contributed by atoms with van der Waals surface area (Å²) in [5.74, 6) is -0.674. The zero-order valence-electron chi connectivity index (χ0n) is 9.53. The van der Waals surface area contributed by atoms with Crippen molar-refractivity contribution < 1.29 is 14.6 Å². The Labute approximate surface area is 91.0 Å². The van der Waals surface area contributed by atoms with Gasteiger partial charge < -0.3 is 15.2 Å². The molecular formula is C11H21NO3. The largest absolute Gasteiger partial charge is 0.480 e. The van der Waals surface area contributed by atoms with Gasteiger partial charge in [-0.3, -0.25) is 4.79 Å². The van der Waals surface area contributed by atoms with E-state index >= 15 is 0 Å². The van der Waals surface area contributed by atoms with Gasteiger partial charge in [0.1, 0.15) is 6.04 Å². The Balaban J connectivity index is 2.29. The maximum absolute atomic E-state index is 10.9. The predicted molar refractivity (Wildman–Crippen MR) is 57.9 cm³/mol. The lowest BCUT2D eigenvalue weighted by Crippen LogP contribution is -2.45. The quantitative estimate of drug-likeness (QED) is 0.724. The second kappa shape index (κ2) is 6.08. The number of hydrogen-bond donors (Lipinski definition) is 2. The fourth-order valence-electron chi connectivity index (χ4n) is 1.83. The van der Waals surface area contributed by atoms with Gasteiger partial charge in [0.25, 0.3) is 0 Å². The zero-order valence-corrected chi connectivity index (χ0v) is 9.53. The molecule has 0 spiro atoms. The average Bonchev–Trinajstić information content (AvgIpc) is 2.18. The lowest BCUT2D eigenvalue weighted by Gasteiger charge is -2.25. The van der Waals surface area contributed by atoms with E-state index in [1.165, 1.54) is 6.42 Å². The number of nitrogens with one attached hydrogen (secondary N) is 1. The second-order valence-electron chi connectivity index (χ2n) is 4.46. The molecule has 0 bridgehead atoms. The third kappa shape index (κ3) is 4.18. The summed E-state index contributed by atoms with van der Waals surface area (Å²) in [6.45, 7) is 5.28. The van der Waals surface area contributed by atoms with E-state index in [9.17, 15) is 4.79 Å². The summed E-state index contributed by atoms with van der Waals surface area (Å²) in [7, 11) is 0. The third-order valence-electron chi connectivity index (χ3n) is 2.77. The van der Waals surface area contributed by atoms with Crippen LogP contribution in [0.25, 0.3) is 0 Å². The Hall–Kier alpha value is -0.610. The van der Waals surface area contributed by atoms with Crippen molar-refractivity contribution in [1.29, 1.82) is 0 Å². The summed E-state index contributed by atoms with van der Waals surface area (Å²) in [4.78, 5) is 10.9. The highest BCUT2D eigenvalue weighted by Gasteiger charge is 2.22. The van der Waals surface area contributed by atoms with Crippen molar-refractivity contribution in [3.8, 4) is 0 Å². The van der Waals surface area contributed by atoms with Crippen LogP contribution in [0.15, 0.2) is 0 Å². The summed E-state index contributed by atoms with van der Waals surface area (Å²) >= 11 is 0. The van der Waals surface area contributed by atoms with Gasteiger partial charge in [0.2, 0.25) is 0 Å². The standard InChI is InChI=1S/C11H21NO3/c1-8(2)10(11(13)14)12-7-9-5-3-4-6-15-9/h8-10,12H,3-7H2,1-2H3,(H,13,14). The van der Waals surface area contributed by atoms with Crippen molar-refractivity contribution in [3.05, 3.63) is 0 Å². The van der Waals surface area contributed by atoms with Crippen LogP contribution >= 0.6 is 0 Å². The molecule has 0 radical (unpaired) electrons. The van der Waals surface area contributed by atoms with E-state index in [2.05, 4.69) is 5.32 Å². The first-order valence-electron chi connectivity index (χ1n) is 5.69. The predicted octanol–water partition coefficient (Wildman–Crippen LogP) is 1.25. The Morgan fingerprint density at radius 3 is 2.73 bits per heavy atom. The van der Waals surface area contributed by atoms with Crippen molar-refractivity contribution in [2.75, 3.05) is 13.2 Å². The number of ether oxygens (including phenoxy) is 1. The van der Waals surface area contributed by atoms with Gasteiger partial charge in [-0.2, -0.15) is 0 Å². The maximum Gasteiger partial charge on any atom is 0.320 e. The number of rotatable bonds is 5. The smallest absolute Gasteiger partial charge is 0.320 e. The lowest BCUT2D eigenvalue weighted by molar-refractivity contribution is -0.140. The van der Waals surface area contributed by atoms with Crippen LogP contribution in [-0.2, 0) is 9.53 Å². The van der Waals surface area contributed by atoms with Gasteiger partial charge in [0, 0.05) is 13.2 Å². The first kappa shape index (κ1) is 12.5. The van der Waals surface area contributed by atoms with Crippen molar-refractivity contribution in [3.63, 3.8) is 0 Å². The van der Waals surface area contributed by atoms with E-state index in [-0.39, 0.29) is 12.0 Å². The van der Waals surface area contributed by atoms with Gasteiger partial charge in [-0.25, -0.2) is 0 Å². The van der Waals surface area contributed by atoms with Gasteiger partial charge in [0.05, 0.1) is 6.10 Å². The number of carbonyl (C=O) groups is 1. The van der Waals surface area contributed by atoms with E-state index < -0.39 is 12.0 Å². The fraction of sp³-hybridized carbons (Fsp3) is 0.909. The highest BCUT2D eigenvalue weighted by atomic mass is 16.5. The minimum absolute atomic E-state index is 0.103. The number of carboxylic acid groups (broad SMARTS) is 1. The molecular weight excluding hydrogens is 194 g/mol. The highest BCUT2D eigenvalue weighted by molar-refractivity contribution is 5.73. The molecule has 4 nitrogen and oxygen atoms in total. The monoisotopic (exact) mass is 215 g/mol. The van der Waals surface area contributed by atoms with Crippen LogP contribution in [0.3, 0.4) is 0 Å². The average molecular weight is 215 g/mol. The van der Waals surface area contributed by atoms with Crippen LogP contribution in [0, 0.1) is 5.92 Å². The van der Waals surface area contributed by atoms with Crippen LogP contribution in [0.4, 0.5) is 0 Å². The molecule has 2 unspecified atom stereocenters. The van der Waals surface area contributed by atoms with Crippen molar-refractivity contribution in [1.82, 2.24) is 5.32 Å². The first-order valence-corrected chi connectivity index (χ1v) is 5.69. The number of aliphatic carboxylic acids is 1. The molecule has 0 aromatic heterocycles. The molecule has 2 N–H and O–H groups in total. The molecule has 88 valence electrons. The molecule has 0 amide bonds. The normalized spacial score (nSPS) is 24.1. The number of carboxylic acids is 1. The van der Waals surface area contributed by atoms with Crippen molar-refractivity contribution >= 4 is 5.97 Å². The lowest BCUT2D eigenvalue weighted by atomic mass is 10.0.